The molecule has 0 fully saturated rings. The van der Waals surface area contributed by atoms with Gasteiger partial charge in [-0.2, -0.15) is 0 Å². The molecule has 0 unspecified atom stereocenters. The minimum absolute atomic E-state index is 0.258. The molecule has 0 bridgehead atoms. The maximum Gasteiger partial charge on any atom is 0.573 e. The van der Waals surface area contributed by atoms with E-state index in [4.69, 9.17) is 11.6 Å². The van der Waals surface area contributed by atoms with Crippen LogP contribution in [0.3, 0.4) is 0 Å². The van der Waals surface area contributed by atoms with E-state index in [-0.39, 0.29) is 5.75 Å². The van der Waals surface area contributed by atoms with Crippen LogP contribution in [0.1, 0.15) is 5.56 Å². The molecule has 0 amide bonds. The van der Waals surface area contributed by atoms with Crippen LogP contribution >= 0.6 is 11.6 Å². The Labute approximate surface area is 141 Å². The smallest absolute Gasteiger partial charge is 0.406 e. The van der Waals surface area contributed by atoms with Gasteiger partial charge in [-0.1, -0.05) is 11.6 Å². The quantitative estimate of drug-likeness (QED) is 0.643. The number of benzene rings is 2. The van der Waals surface area contributed by atoms with Crippen LogP contribution in [0.15, 0.2) is 48.5 Å². The van der Waals surface area contributed by atoms with E-state index in [2.05, 4.69) is 15.0 Å². The first-order valence-corrected chi connectivity index (χ1v) is 7.38. The summed E-state index contributed by atoms with van der Waals surface area (Å²) in [5.74, 6) is 0.323. The van der Waals surface area contributed by atoms with Gasteiger partial charge in [0.25, 0.3) is 0 Å². The number of pyridine rings is 1. The summed E-state index contributed by atoms with van der Waals surface area (Å²) in [6.07, 6.45) is -4.71. The van der Waals surface area contributed by atoms with Gasteiger partial charge in [-0.3, -0.25) is 0 Å². The molecule has 24 heavy (non-hydrogen) atoms. The predicted molar refractivity (Wildman–Crippen MR) is 87.9 cm³/mol. The average molecular weight is 353 g/mol. The molecule has 0 saturated heterocycles. The number of hydrogen-bond donors (Lipinski definition) is 1. The van der Waals surface area contributed by atoms with Crippen molar-refractivity contribution in [1.29, 1.82) is 0 Å². The molecule has 0 atom stereocenters. The zero-order valence-corrected chi connectivity index (χ0v) is 13.2. The van der Waals surface area contributed by atoms with E-state index in [9.17, 15) is 13.2 Å². The summed E-state index contributed by atoms with van der Waals surface area (Å²) in [7, 11) is 0. The van der Waals surface area contributed by atoms with Crippen molar-refractivity contribution in [3.63, 3.8) is 0 Å². The molecule has 0 aliphatic carbocycles. The molecule has 1 N–H and O–H groups in total. The number of alkyl halides is 3. The molecule has 2 aromatic carbocycles. The lowest BCUT2D eigenvalue weighted by atomic mass is 10.2. The first-order valence-electron chi connectivity index (χ1n) is 7.00. The van der Waals surface area contributed by atoms with E-state index >= 15 is 0 Å². The van der Waals surface area contributed by atoms with Gasteiger partial charge in [-0.15, -0.1) is 13.2 Å². The maximum absolute atomic E-state index is 12.2. The fraction of sp³-hybridized carbons (Fsp3) is 0.118. The minimum atomic E-state index is -4.71. The number of aryl methyl sites for hydroxylation is 1. The third-order valence-electron chi connectivity index (χ3n) is 3.35. The number of nitrogens with zero attached hydrogens (tertiary/aromatic N) is 1. The molecular weight excluding hydrogens is 341 g/mol. The first kappa shape index (κ1) is 16.4. The third-order valence-corrected chi connectivity index (χ3v) is 3.58. The van der Waals surface area contributed by atoms with E-state index in [0.717, 1.165) is 10.9 Å². The maximum atomic E-state index is 12.2. The van der Waals surface area contributed by atoms with Gasteiger partial charge in [-0.25, -0.2) is 4.98 Å². The highest BCUT2D eigenvalue weighted by molar-refractivity contribution is 6.31. The van der Waals surface area contributed by atoms with Crippen LogP contribution in [0.25, 0.3) is 10.9 Å². The first-order chi connectivity index (χ1) is 11.3. The molecule has 3 aromatic rings. The second kappa shape index (κ2) is 6.20. The lowest BCUT2D eigenvalue weighted by Crippen LogP contribution is -2.17. The molecule has 3 nitrogen and oxygen atoms in total. The molecule has 1 aromatic heterocycles. The second-order valence-corrected chi connectivity index (χ2v) is 5.62. The number of fused-ring (bicyclic) bond motifs is 1. The van der Waals surface area contributed by atoms with Crippen LogP contribution in [-0.4, -0.2) is 11.3 Å². The van der Waals surface area contributed by atoms with Gasteiger partial charge >= 0.3 is 6.36 Å². The second-order valence-electron chi connectivity index (χ2n) is 5.18. The molecule has 7 heteroatoms. The summed E-state index contributed by atoms with van der Waals surface area (Å²) in [5, 5.41) is 4.62. The fourth-order valence-electron chi connectivity index (χ4n) is 2.28. The van der Waals surface area contributed by atoms with Crippen molar-refractivity contribution in [3.8, 4) is 5.75 Å². The van der Waals surface area contributed by atoms with Crippen molar-refractivity contribution in [3.05, 3.63) is 59.1 Å². The van der Waals surface area contributed by atoms with Crippen LogP contribution in [0.2, 0.25) is 5.02 Å². The van der Waals surface area contributed by atoms with Crippen molar-refractivity contribution < 1.29 is 17.9 Å². The summed E-state index contributed by atoms with van der Waals surface area (Å²) < 4.78 is 40.6. The van der Waals surface area contributed by atoms with Gasteiger partial charge < -0.3 is 10.1 Å². The van der Waals surface area contributed by atoms with Crippen LogP contribution < -0.4 is 10.1 Å². The number of aromatic nitrogens is 1. The molecular formula is C17H12ClF3N2O. The topological polar surface area (TPSA) is 34.1 Å². The van der Waals surface area contributed by atoms with Crippen molar-refractivity contribution >= 4 is 34.0 Å². The monoisotopic (exact) mass is 352 g/mol. The van der Waals surface area contributed by atoms with E-state index in [1.807, 2.05) is 12.1 Å². The summed E-state index contributed by atoms with van der Waals surface area (Å²) in [6.45, 7) is 1.69. The van der Waals surface area contributed by atoms with Gasteiger partial charge in [0.1, 0.15) is 11.6 Å². The summed E-state index contributed by atoms with van der Waals surface area (Å²) in [5.41, 5.74) is 2.01. The van der Waals surface area contributed by atoms with E-state index in [1.54, 1.807) is 25.1 Å². The Morgan fingerprint density at radius 2 is 1.83 bits per heavy atom. The van der Waals surface area contributed by atoms with Crippen molar-refractivity contribution in [1.82, 2.24) is 4.98 Å². The number of ether oxygens (including phenoxy) is 1. The zero-order valence-electron chi connectivity index (χ0n) is 12.5. The van der Waals surface area contributed by atoms with Crippen LogP contribution in [0.4, 0.5) is 24.7 Å². The van der Waals surface area contributed by atoms with Crippen LogP contribution in [0.5, 0.6) is 5.75 Å². The van der Waals surface area contributed by atoms with Crippen molar-refractivity contribution in [2.45, 2.75) is 13.3 Å². The Morgan fingerprint density at radius 1 is 1.04 bits per heavy atom. The molecule has 0 saturated carbocycles. The molecule has 0 radical (unpaired) electrons. The highest BCUT2D eigenvalue weighted by atomic mass is 35.5. The SMILES string of the molecule is Cc1cc(OC(F)(F)F)ccc1Nc1ccc2cc(Cl)ccc2n1. The van der Waals surface area contributed by atoms with Gasteiger partial charge in [0.2, 0.25) is 0 Å². The van der Waals surface area contributed by atoms with E-state index in [1.165, 1.54) is 18.2 Å². The lowest BCUT2D eigenvalue weighted by Gasteiger charge is -2.13. The number of nitrogens with one attached hydrogen (secondary N) is 1. The highest BCUT2D eigenvalue weighted by Crippen LogP contribution is 2.28. The molecule has 0 aliphatic heterocycles. The Kier molecular flexibility index (Phi) is 4.24. The average Bonchev–Trinajstić information content (AvgIpc) is 2.48. The summed E-state index contributed by atoms with van der Waals surface area (Å²) in [6, 6.07) is 13.1. The number of rotatable bonds is 3. The molecule has 0 spiro atoms. The van der Waals surface area contributed by atoms with Crippen molar-refractivity contribution in [2.75, 3.05) is 5.32 Å². The van der Waals surface area contributed by atoms with E-state index < -0.39 is 6.36 Å². The molecule has 124 valence electrons. The normalized spacial score (nSPS) is 11.5. The van der Waals surface area contributed by atoms with Crippen molar-refractivity contribution in [2.24, 2.45) is 0 Å². The third kappa shape index (κ3) is 3.89. The summed E-state index contributed by atoms with van der Waals surface area (Å²) >= 11 is 5.93. The largest absolute Gasteiger partial charge is 0.573 e. The zero-order chi connectivity index (χ0) is 17.3. The summed E-state index contributed by atoms with van der Waals surface area (Å²) in [4.78, 5) is 4.45. The Hall–Kier alpha value is -2.47. The number of halogens is 4. The standard InChI is InChI=1S/C17H12ClF3N2O/c1-10-8-13(24-17(19,20)21)4-6-14(10)22-16-7-2-11-9-12(18)3-5-15(11)23-16/h2-9H,1H3,(H,22,23). The predicted octanol–water partition coefficient (Wildman–Crippen LogP) is 5.84. The van der Waals surface area contributed by atoms with Crippen LogP contribution in [-0.2, 0) is 0 Å². The number of anilines is 2. The molecule has 1 heterocycles. The van der Waals surface area contributed by atoms with Gasteiger partial charge in [0, 0.05) is 16.1 Å². The minimum Gasteiger partial charge on any atom is -0.406 e. The fourth-order valence-corrected chi connectivity index (χ4v) is 2.46. The van der Waals surface area contributed by atoms with Gasteiger partial charge in [-0.05, 0) is 61.0 Å². The van der Waals surface area contributed by atoms with Gasteiger partial charge in [0.15, 0.2) is 0 Å². The van der Waals surface area contributed by atoms with E-state index in [0.29, 0.717) is 22.1 Å². The highest BCUT2D eigenvalue weighted by Gasteiger charge is 2.31. The Morgan fingerprint density at radius 3 is 2.54 bits per heavy atom. The Balaban J connectivity index is 1.84. The van der Waals surface area contributed by atoms with Crippen LogP contribution in [0, 0.1) is 6.92 Å². The molecule has 3 rings (SSSR count). The molecule has 0 aliphatic rings. The number of hydrogen-bond acceptors (Lipinski definition) is 3. The lowest BCUT2D eigenvalue weighted by molar-refractivity contribution is -0.274. The Bertz CT molecular complexity index is 897. The van der Waals surface area contributed by atoms with Gasteiger partial charge in [0.05, 0.1) is 5.52 Å².